The Morgan fingerprint density at radius 1 is 1.02 bits per heavy atom. The summed E-state index contributed by atoms with van der Waals surface area (Å²) in [6.45, 7) is 10.2. The highest BCUT2D eigenvalue weighted by molar-refractivity contribution is 7.89. The molecule has 0 unspecified atom stereocenters. The van der Waals surface area contributed by atoms with Crippen molar-refractivity contribution in [3.63, 3.8) is 0 Å². The number of anilines is 1. The zero-order valence-electron chi connectivity index (χ0n) is 35.1. The van der Waals surface area contributed by atoms with Gasteiger partial charge in [-0.2, -0.15) is 0 Å². The molecule has 1 aliphatic heterocycles. The minimum absolute atomic E-state index is 0.0566. The van der Waals surface area contributed by atoms with Crippen LogP contribution in [-0.2, 0) is 26.3 Å². The fourth-order valence-corrected chi connectivity index (χ4v) is 15.3. The molecule has 12 heteroatoms. The van der Waals surface area contributed by atoms with E-state index >= 15 is 0 Å². The molecule has 4 aromatic rings. The molecule has 0 saturated heterocycles. The number of fused-ring (bicyclic) bond motifs is 3. The molecule has 9 nitrogen and oxygen atoms in total. The van der Waals surface area contributed by atoms with Gasteiger partial charge in [-0.1, -0.05) is 111 Å². The number of carboxylic acid groups (broad SMARTS) is 1. The number of hydrogen-bond acceptors (Lipinski definition) is 7. The van der Waals surface area contributed by atoms with E-state index in [1.807, 2.05) is 54.6 Å². The number of rotatable bonds is 14. The molecule has 0 bridgehead atoms. The smallest absolute Gasteiger partial charge is 0.335 e. The molecule has 0 aromatic heterocycles. The van der Waals surface area contributed by atoms with Crippen LogP contribution in [0.5, 0.6) is 5.75 Å². The third-order valence-electron chi connectivity index (χ3n) is 13.4. The van der Waals surface area contributed by atoms with Crippen molar-refractivity contribution in [2.45, 2.75) is 88.0 Å². The zero-order valence-corrected chi connectivity index (χ0v) is 37.7. The molecule has 0 amide bonds. The summed E-state index contributed by atoms with van der Waals surface area (Å²) in [5, 5.41) is 29.4. The molecule has 1 saturated carbocycles. The molecule has 2 aliphatic carbocycles. The largest absolute Gasteiger partial charge is 0.490 e. The minimum Gasteiger partial charge on any atom is -0.490 e. The fraction of sp³-hybridized carbons (Fsp3) is 0.438. The summed E-state index contributed by atoms with van der Waals surface area (Å²) < 4.78 is 39.0. The third-order valence-corrected chi connectivity index (χ3v) is 19.9. The second-order valence-corrected chi connectivity index (χ2v) is 25.1. The first-order chi connectivity index (χ1) is 28.5. The van der Waals surface area contributed by atoms with Gasteiger partial charge in [0.1, 0.15) is 5.75 Å². The van der Waals surface area contributed by atoms with Crippen molar-refractivity contribution in [1.82, 2.24) is 0 Å². The van der Waals surface area contributed by atoms with Gasteiger partial charge < -0.3 is 24.3 Å². The van der Waals surface area contributed by atoms with E-state index in [4.69, 9.17) is 25.9 Å². The minimum atomic E-state index is -3.83. The van der Waals surface area contributed by atoms with Gasteiger partial charge in [0, 0.05) is 36.1 Å². The summed E-state index contributed by atoms with van der Waals surface area (Å²) in [6.07, 6.45) is 7.80. The van der Waals surface area contributed by atoms with Crippen LogP contribution in [-0.4, -0.2) is 70.6 Å². The van der Waals surface area contributed by atoms with Crippen molar-refractivity contribution in [3.05, 3.63) is 131 Å². The van der Waals surface area contributed by atoms with E-state index in [9.17, 15) is 23.4 Å². The highest BCUT2D eigenvalue weighted by Crippen LogP contribution is 2.47. The maximum atomic E-state index is 12.6. The van der Waals surface area contributed by atoms with Gasteiger partial charge in [0.25, 0.3) is 8.32 Å². The average molecular weight is 872 g/mol. The summed E-state index contributed by atoms with van der Waals surface area (Å²) >= 11 is 6.46. The van der Waals surface area contributed by atoms with Crippen LogP contribution in [0.2, 0.25) is 10.1 Å². The SMILES string of the molecule is C[C@@H](C[C@@H](/C=C/[C@H](O)[C@@H]1CC[C@H]1CN1C[C@@]2(CCCc3cc(Cl)ccc32)COc2ccc(C(=O)O)cc21)CO[Si](c1ccccc1)(c1ccccc1)C(C)(C)C)S(N)(=O)=O. The van der Waals surface area contributed by atoms with Crippen LogP contribution < -0.4 is 25.1 Å². The van der Waals surface area contributed by atoms with Gasteiger partial charge in [-0.3, -0.25) is 0 Å². The number of aromatic carboxylic acids is 1. The van der Waals surface area contributed by atoms with E-state index in [1.165, 1.54) is 11.1 Å². The number of carbonyl (C=O) groups is 1. The van der Waals surface area contributed by atoms with Gasteiger partial charge in [0.15, 0.2) is 0 Å². The first-order valence-corrected chi connectivity index (χ1v) is 25.1. The standard InChI is InChI=1S/C48H59ClN2O7SSi/c1-33(59(50,55)56)26-34(30-58-60(47(2,3)4,39-13-7-5-8-14-39)40-15-9-6-10-16-40)17-23-44(52)41-21-18-37(41)29-51-31-48(25-11-12-35-27-38(49)20-22-42(35)48)32-57-45-24-19-36(46(53)54)28-43(45)51/h5-10,13-17,19-20,22-24,27-28,33-34,37,41,44,52H,11-12,18,21,25-26,29-32H2,1-4H3,(H,53,54)(H2,50,55,56)/b23-17+/t33-,34+,37-,41+,44-,48-/m0/s1. The Kier molecular flexibility index (Phi) is 13.1. The number of halogens is 1. The number of aliphatic hydroxyl groups excluding tert-OH is 1. The molecule has 6 atom stereocenters. The van der Waals surface area contributed by atoms with Crippen molar-refractivity contribution in [3.8, 4) is 5.75 Å². The molecule has 4 aromatic carbocycles. The topological polar surface area (TPSA) is 139 Å². The number of aliphatic hydroxyl groups is 1. The van der Waals surface area contributed by atoms with Gasteiger partial charge >= 0.3 is 5.97 Å². The Bertz CT molecular complexity index is 2250. The van der Waals surface area contributed by atoms with Crippen molar-refractivity contribution >= 4 is 52.0 Å². The van der Waals surface area contributed by atoms with Crippen LogP contribution in [0, 0.1) is 17.8 Å². The van der Waals surface area contributed by atoms with Crippen LogP contribution in [0.1, 0.15) is 81.3 Å². The third kappa shape index (κ3) is 9.13. The zero-order chi connectivity index (χ0) is 42.9. The van der Waals surface area contributed by atoms with Crippen LogP contribution in [0.25, 0.3) is 0 Å². The summed E-state index contributed by atoms with van der Waals surface area (Å²) in [7, 11) is -6.77. The van der Waals surface area contributed by atoms with Crippen molar-refractivity contribution in [2.24, 2.45) is 22.9 Å². The summed E-state index contributed by atoms with van der Waals surface area (Å²) in [6, 6.07) is 31.9. The molecule has 1 fully saturated rings. The number of aryl methyl sites for hydroxylation is 1. The number of primary sulfonamides is 1. The Hall–Kier alpha value is -3.97. The first-order valence-electron chi connectivity index (χ1n) is 21.2. The van der Waals surface area contributed by atoms with Gasteiger partial charge in [0.05, 0.1) is 29.2 Å². The molecule has 3 aliphatic rings. The lowest BCUT2D eigenvalue weighted by atomic mass is 9.68. The number of nitrogens with zero attached hydrogens (tertiary/aromatic N) is 1. The summed E-state index contributed by atoms with van der Waals surface area (Å²) in [5.41, 5.74) is 3.07. The first kappa shape index (κ1) is 44.1. The lowest BCUT2D eigenvalue weighted by Gasteiger charge is -2.45. The number of hydrogen-bond donors (Lipinski definition) is 3. The number of benzene rings is 4. The van der Waals surface area contributed by atoms with Gasteiger partial charge in [-0.15, -0.1) is 0 Å². The predicted molar refractivity (Wildman–Crippen MR) is 243 cm³/mol. The Labute approximate surface area is 361 Å². The molecular weight excluding hydrogens is 812 g/mol. The number of ether oxygens (including phenoxy) is 1. The second-order valence-electron chi connectivity index (χ2n) is 18.3. The molecule has 4 N–H and O–H groups in total. The normalized spacial score (nSPS) is 22.2. The maximum Gasteiger partial charge on any atom is 0.335 e. The molecule has 320 valence electrons. The number of nitrogens with two attached hydrogens (primary N) is 1. The van der Waals surface area contributed by atoms with E-state index < -0.39 is 35.7 Å². The van der Waals surface area contributed by atoms with Crippen molar-refractivity contribution in [2.75, 3.05) is 31.2 Å². The monoisotopic (exact) mass is 870 g/mol. The quantitative estimate of drug-likeness (QED) is 0.0866. The Morgan fingerprint density at radius 2 is 1.70 bits per heavy atom. The van der Waals surface area contributed by atoms with Gasteiger partial charge in [-0.05, 0) is 114 Å². The van der Waals surface area contributed by atoms with Gasteiger partial charge in [0.2, 0.25) is 10.0 Å². The highest BCUT2D eigenvalue weighted by Gasteiger charge is 2.50. The molecule has 1 heterocycles. The van der Waals surface area contributed by atoms with Crippen LogP contribution in [0.3, 0.4) is 0 Å². The Balaban J connectivity index is 1.16. The fourth-order valence-electron chi connectivity index (χ4n) is 9.97. The molecule has 0 radical (unpaired) electrons. The lowest BCUT2D eigenvalue weighted by molar-refractivity contribution is 0.0453. The Morgan fingerprint density at radius 3 is 2.30 bits per heavy atom. The van der Waals surface area contributed by atoms with Crippen LogP contribution >= 0.6 is 11.6 Å². The van der Waals surface area contributed by atoms with Crippen molar-refractivity contribution in [1.29, 1.82) is 0 Å². The molecule has 7 rings (SSSR count). The van der Waals surface area contributed by atoms with E-state index in [1.54, 1.807) is 25.1 Å². The van der Waals surface area contributed by atoms with E-state index in [2.05, 4.69) is 62.1 Å². The maximum absolute atomic E-state index is 12.6. The number of sulfonamides is 1. The number of carboxylic acids is 1. The summed E-state index contributed by atoms with van der Waals surface area (Å²) in [4.78, 5) is 14.5. The van der Waals surface area contributed by atoms with Gasteiger partial charge in [-0.25, -0.2) is 18.4 Å². The highest BCUT2D eigenvalue weighted by atomic mass is 35.5. The second kappa shape index (κ2) is 17.8. The summed E-state index contributed by atoms with van der Waals surface area (Å²) in [5.74, 6) is -0.635. The van der Waals surface area contributed by atoms with Crippen molar-refractivity contribution < 1.29 is 32.6 Å². The van der Waals surface area contributed by atoms with Crippen LogP contribution in [0.15, 0.2) is 109 Å². The van der Waals surface area contributed by atoms with E-state index in [0.29, 0.717) is 30.5 Å². The van der Waals surface area contributed by atoms with E-state index in [0.717, 1.165) is 48.2 Å². The predicted octanol–water partition coefficient (Wildman–Crippen LogP) is 7.71. The molecule has 60 heavy (non-hydrogen) atoms. The van der Waals surface area contributed by atoms with E-state index in [-0.39, 0.29) is 46.8 Å². The average Bonchev–Trinajstić information content (AvgIpc) is 3.35. The molecule has 1 spiro atoms. The van der Waals surface area contributed by atoms with Crippen LogP contribution in [0.4, 0.5) is 5.69 Å². The lowest BCUT2D eigenvalue weighted by Crippen LogP contribution is -2.66. The molecular formula is C48H59ClN2O7SSi.